The van der Waals surface area contributed by atoms with Crippen molar-refractivity contribution in [2.45, 2.75) is 275 Å². The van der Waals surface area contributed by atoms with E-state index in [2.05, 4.69) is 92.1 Å². The second kappa shape index (κ2) is 49.0. The fourth-order valence-corrected chi connectivity index (χ4v) is 8.49. The molecule has 0 radical (unpaired) electrons. The zero-order valence-electron chi connectivity index (χ0n) is 44.0. The Hall–Kier alpha value is -2.63. The van der Waals surface area contributed by atoms with Gasteiger partial charge in [0.25, 0.3) is 0 Å². The topological polar surface area (TPSA) is 149 Å². The van der Waals surface area contributed by atoms with Crippen LogP contribution in [0.5, 0.6) is 0 Å². The maximum absolute atomic E-state index is 13.0. The van der Waals surface area contributed by atoms with Crippen molar-refractivity contribution in [1.82, 2.24) is 5.32 Å². The summed E-state index contributed by atoms with van der Waals surface area (Å²) in [7, 11) is 0. The highest BCUT2D eigenvalue weighted by Gasteiger charge is 2.44. The Morgan fingerprint density at radius 2 is 0.913 bits per heavy atom. The van der Waals surface area contributed by atoms with Crippen molar-refractivity contribution < 1.29 is 39.8 Å². The third kappa shape index (κ3) is 38.7. The number of aliphatic hydroxyl groups excluding tert-OH is 5. The van der Waals surface area contributed by atoms with Gasteiger partial charge in [-0.05, 0) is 77.0 Å². The Bertz CT molecular complexity index is 1350. The van der Waals surface area contributed by atoms with Crippen molar-refractivity contribution in [3.63, 3.8) is 0 Å². The predicted octanol–water partition coefficient (Wildman–Crippen LogP) is 13.8. The molecule has 1 heterocycles. The number of allylic oxidation sites excluding steroid dienone is 13. The molecule has 1 fully saturated rings. The molecule has 0 aliphatic carbocycles. The van der Waals surface area contributed by atoms with Gasteiger partial charge in [-0.25, -0.2) is 0 Å². The van der Waals surface area contributed by atoms with Crippen molar-refractivity contribution in [1.29, 1.82) is 0 Å². The number of ether oxygens (including phenoxy) is 2. The average Bonchev–Trinajstić information content (AvgIpc) is 3.35. The van der Waals surface area contributed by atoms with Crippen LogP contribution in [0.4, 0.5) is 0 Å². The average molecular weight is 968 g/mol. The van der Waals surface area contributed by atoms with Gasteiger partial charge in [-0.1, -0.05) is 234 Å². The Balaban J connectivity index is 2.28. The van der Waals surface area contributed by atoms with E-state index in [-0.39, 0.29) is 12.5 Å². The van der Waals surface area contributed by atoms with E-state index in [1.54, 1.807) is 6.08 Å². The van der Waals surface area contributed by atoms with Gasteiger partial charge in [0.15, 0.2) is 6.29 Å². The normalized spacial score (nSPS) is 20.1. The molecule has 0 aromatic rings. The number of amides is 1. The van der Waals surface area contributed by atoms with Gasteiger partial charge in [0.2, 0.25) is 5.91 Å². The predicted molar refractivity (Wildman–Crippen MR) is 290 cm³/mol. The molecule has 0 spiro atoms. The summed E-state index contributed by atoms with van der Waals surface area (Å²) in [4.78, 5) is 13.0. The Kier molecular flexibility index (Phi) is 45.7. The van der Waals surface area contributed by atoms with Gasteiger partial charge in [0.1, 0.15) is 24.4 Å². The lowest BCUT2D eigenvalue weighted by Gasteiger charge is -2.40. The largest absolute Gasteiger partial charge is 0.394 e. The molecule has 69 heavy (non-hydrogen) atoms. The molecule has 1 saturated heterocycles. The molecule has 1 aliphatic heterocycles. The molecule has 0 aromatic heterocycles. The second-order valence-corrected chi connectivity index (χ2v) is 19.3. The maximum Gasteiger partial charge on any atom is 0.220 e. The first-order valence-electron chi connectivity index (χ1n) is 28.3. The molecule has 7 atom stereocenters. The summed E-state index contributed by atoms with van der Waals surface area (Å²) in [5, 5.41) is 54.4. The van der Waals surface area contributed by atoms with Crippen LogP contribution in [0.25, 0.3) is 0 Å². The van der Waals surface area contributed by atoms with Gasteiger partial charge in [0.05, 0.1) is 25.4 Å². The van der Waals surface area contributed by atoms with Gasteiger partial charge in [-0.15, -0.1) is 0 Å². The second-order valence-electron chi connectivity index (χ2n) is 19.3. The van der Waals surface area contributed by atoms with Crippen LogP contribution < -0.4 is 5.32 Å². The van der Waals surface area contributed by atoms with Gasteiger partial charge in [-0.3, -0.25) is 4.79 Å². The SMILES string of the molecule is CC/C=C\C/C=C\C/C=C\C/C=C\C/C=C\CCCCCC(=O)NC(COC1OC(CO)C(O)C(O)C1O)C(O)/C=C/CC/C=C/CCCCCCCCCCCCCCCCCCCCCCC. The first-order chi connectivity index (χ1) is 33.8. The molecular weight excluding hydrogens is 863 g/mol. The Labute approximate surface area is 422 Å². The van der Waals surface area contributed by atoms with E-state index in [9.17, 15) is 30.3 Å². The fourth-order valence-electron chi connectivity index (χ4n) is 8.49. The molecule has 7 unspecified atom stereocenters. The van der Waals surface area contributed by atoms with Crippen LogP contribution in [0, 0.1) is 0 Å². The molecule has 9 nitrogen and oxygen atoms in total. The van der Waals surface area contributed by atoms with E-state index < -0.39 is 49.5 Å². The standard InChI is InChI=1S/C60H105NO8/c1-3-5-7-9-11-13-15-17-19-21-23-24-25-26-27-28-29-30-32-33-35-37-39-41-43-45-47-49-54(63)53(52-68-60-59(67)58(66)57(65)55(51-62)69-60)61-56(64)50-48-46-44-42-40-38-36-34-31-22-20-18-16-14-12-10-8-6-4-2/h6,8,12,14,18,20,31,34,38-41,47,49,53-55,57-60,62-63,65-67H,3-5,7,9-11,13,15-17,19,21-30,32-33,35-37,42-46,48,50-52H2,1-2H3,(H,61,64)/b8-6-,14-12-,20-18-,34-31-,40-38-,41-39+,49-47+. The summed E-state index contributed by atoms with van der Waals surface area (Å²) in [5.74, 6) is -0.220. The van der Waals surface area contributed by atoms with E-state index in [1.807, 2.05) is 6.08 Å². The molecule has 9 heteroatoms. The van der Waals surface area contributed by atoms with Crippen LogP contribution in [0.2, 0.25) is 0 Å². The molecule has 6 N–H and O–H groups in total. The van der Waals surface area contributed by atoms with Crippen molar-refractivity contribution >= 4 is 5.91 Å². The third-order valence-electron chi connectivity index (χ3n) is 13.0. The summed E-state index contributed by atoms with van der Waals surface area (Å²) >= 11 is 0. The third-order valence-corrected chi connectivity index (χ3v) is 13.0. The smallest absolute Gasteiger partial charge is 0.220 e. The van der Waals surface area contributed by atoms with Crippen LogP contribution in [0.3, 0.4) is 0 Å². The molecular formula is C60H105NO8. The van der Waals surface area contributed by atoms with E-state index in [1.165, 1.54) is 135 Å². The van der Waals surface area contributed by atoms with E-state index in [4.69, 9.17) is 9.47 Å². The maximum atomic E-state index is 13.0. The summed E-state index contributed by atoms with van der Waals surface area (Å²) in [6.45, 7) is 3.64. The highest BCUT2D eigenvalue weighted by molar-refractivity contribution is 5.76. The van der Waals surface area contributed by atoms with Gasteiger partial charge < -0.3 is 40.3 Å². The number of hydrogen-bond donors (Lipinski definition) is 6. The van der Waals surface area contributed by atoms with Gasteiger partial charge in [0, 0.05) is 6.42 Å². The van der Waals surface area contributed by atoms with Crippen molar-refractivity contribution in [2.75, 3.05) is 13.2 Å². The number of nitrogens with one attached hydrogen (secondary N) is 1. The molecule has 1 amide bonds. The van der Waals surface area contributed by atoms with Crippen molar-refractivity contribution in [2.24, 2.45) is 0 Å². The summed E-state index contributed by atoms with van der Waals surface area (Å²) in [6, 6.07) is -0.845. The Morgan fingerprint density at radius 1 is 0.507 bits per heavy atom. The number of rotatable bonds is 47. The van der Waals surface area contributed by atoms with E-state index >= 15 is 0 Å². The summed E-state index contributed by atoms with van der Waals surface area (Å²) < 4.78 is 11.2. The van der Waals surface area contributed by atoms with Crippen LogP contribution in [0.15, 0.2) is 85.1 Å². The minimum atomic E-state index is -1.58. The first kappa shape index (κ1) is 64.4. The molecule has 0 saturated carbocycles. The number of aliphatic hydroxyl groups is 5. The zero-order valence-corrected chi connectivity index (χ0v) is 44.0. The molecule has 1 rings (SSSR count). The first-order valence-corrected chi connectivity index (χ1v) is 28.3. The molecule has 398 valence electrons. The van der Waals surface area contributed by atoms with Crippen LogP contribution in [0.1, 0.15) is 232 Å². The highest BCUT2D eigenvalue weighted by Crippen LogP contribution is 2.23. The van der Waals surface area contributed by atoms with Gasteiger partial charge in [-0.2, -0.15) is 0 Å². The van der Waals surface area contributed by atoms with Crippen LogP contribution in [-0.2, 0) is 14.3 Å². The lowest BCUT2D eigenvalue weighted by molar-refractivity contribution is -0.302. The zero-order chi connectivity index (χ0) is 50.1. The minimum Gasteiger partial charge on any atom is -0.394 e. The quantitative estimate of drug-likeness (QED) is 0.0261. The molecule has 0 aromatic carbocycles. The lowest BCUT2D eigenvalue weighted by Crippen LogP contribution is -2.60. The number of hydrogen-bond acceptors (Lipinski definition) is 8. The highest BCUT2D eigenvalue weighted by atomic mass is 16.7. The number of unbranched alkanes of at least 4 members (excludes halogenated alkanes) is 25. The van der Waals surface area contributed by atoms with Crippen LogP contribution >= 0.6 is 0 Å². The Morgan fingerprint density at radius 3 is 1.39 bits per heavy atom. The molecule has 1 aliphatic rings. The van der Waals surface area contributed by atoms with E-state index in [0.29, 0.717) is 12.8 Å². The number of carbonyl (C=O) groups excluding carboxylic acids is 1. The number of carbonyl (C=O) groups is 1. The fraction of sp³-hybridized carbons (Fsp3) is 0.750. The molecule has 0 bridgehead atoms. The van der Waals surface area contributed by atoms with Crippen LogP contribution in [-0.4, -0.2) is 87.5 Å². The summed E-state index contributed by atoms with van der Waals surface area (Å²) in [5.41, 5.74) is 0. The summed E-state index contributed by atoms with van der Waals surface area (Å²) in [6.07, 6.45) is 62.3. The van der Waals surface area contributed by atoms with Gasteiger partial charge >= 0.3 is 0 Å². The van der Waals surface area contributed by atoms with Crippen molar-refractivity contribution in [3.8, 4) is 0 Å². The lowest BCUT2D eigenvalue weighted by atomic mass is 9.99. The minimum absolute atomic E-state index is 0.219. The van der Waals surface area contributed by atoms with Crippen molar-refractivity contribution in [3.05, 3.63) is 85.1 Å². The monoisotopic (exact) mass is 968 g/mol. The van der Waals surface area contributed by atoms with E-state index in [0.717, 1.165) is 70.6 Å².